The van der Waals surface area contributed by atoms with E-state index in [1.807, 2.05) is 0 Å². The van der Waals surface area contributed by atoms with E-state index in [9.17, 15) is 27.6 Å². The van der Waals surface area contributed by atoms with Gasteiger partial charge >= 0.3 is 6.18 Å². The zero-order chi connectivity index (χ0) is 26.5. The Labute approximate surface area is 208 Å². The molecule has 0 bridgehead atoms. The summed E-state index contributed by atoms with van der Waals surface area (Å²) in [6.07, 6.45) is -3.15. The largest absolute Gasteiger partial charge is 0.434 e. The summed E-state index contributed by atoms with van der Waals surface area (Å²) in [7, 11) is 0. The number of nitrogens with zero attached hydrogens (tertiary/aromatic N) is 2. The van der Waals surface area contributed by atoms with Crippen LogP contribution in [0.3, 0.4) is 0 Å². The van der Waals surface area contributed by atoms with Crippen LogP contribution in [0.2, 0.25) is 5.02 Å². The molecular formula is C23H20ClF3N6O3. The number of carbonyl (C=O) groups excluding carboxylic acids is 3. The SMILES string of the molecule is C=CC(=O)Nc1cc(Cl)cc(NC(=O)c2cnn(-c3ccc(C(=O)NCCN)cc3)c2C(F)(F)F)c1. The summed E-state index contributed by atoms with van der Waals surface area (Å²) in [6.45, 7) is 3.79. The number of nitrogens with two attached hydrogens (primary N) is 1. The molecule has 0 fully saturated rings. The van der Waals surface area contributed by atoms with Crippen LogP contribution in [-0.4, -0.2) is 40.6 Å². The molecule has 0 radical (unpaired) electrons. The number of hydrogen-bond acceptors (Lipinski definition) is 5. The molecule has 0 aliphatic rings. The average molecular weight is 521 g/mol. The predicted molar refractivity (Wildman–Crippen MR) is 128 cm³/mol. The third kappa shape index (κ3) is 6.29. The van der Waals surface area contributed by atoms with Gasteiger partial charge in [0.2, 0.25) is 5.91 Å². The molecule has 1 heterocycles. The summed E-state index contributed by atoms with van der Waals surface area (Å²) in [5.74, 6) is -2.08. The molecule has 0 aliphatic carbocycles. The van der Waals surface area contributed by atoms with Crippen molar-refractivity contribution in [2.75, 3.05) is 23.7 Å². The van der Waals surface area contributed by atoms with Crippen molar-refractivity contribution < 1.29 is 27.6 Å². The molecule has 3 aromatic rings. The summed E-state index contributed by atoms with van der Waals surface area (Å²) < 4.78 is 42.5. The lowest BCUT2D eigenvalue weighted by Crippen LogP contribution is -2.28. The highest BCUT2D eigenvalue weighted by Crippen LogP contribution is 2.34. The second-order valence-corrected chi connectivity index (χ2v) is 7.72. The van der Waals surface area contributed by atoms with Gasteiger partial charge in [-0.05, 0) is 48.5 Å². The van der Waals surface area contributed by atoms with Crippen LogP contribution < -0.4 is 21.7 Å². The third-order valence-electron chi connectivity index (χ3n) is 4.69. The first-order chi connectivity index (χ1) is 17.0. The number of aromatic nitrogens is 2. The minimum absolute atomic E-state index is 0.0195. The Bertz CT molecular complexity index is 1310. The number of benzene rings is 2. The van der Waals surface area contributed by atoms with E-state index in [0.29, 0.717) is 4.68 Å². The molecule has 0 saturated heterocycles. The molecule has 3 amide bonds. The lowest BCUT2D eigenvalue weighted by Gasteiger charge is -2.14. The maximum Gasteiger partial charge on any atom is 0.434 e. The van der Waals surface area contributed by atoms with E-state index in [2.05, 4.69) is 27.6 Å². The van der Waals surface area contributed by atoms with Crippen molar-refractivity contribution >= 4 is 40.7 Å². The normalized spacial score (nSPS) is 11.0. The second kappa shape index (κ2) is 11.1. The molecule has 5 N–H and O–H groups in total. The third-order valence-corrected chi connectivity index (χ3v) is 4.91. The van der Waals surface area contributed by atoms with E-state index in [4.69, 9.17) is 17.3 Å². The van der Waals surface area contributed by atoms with Crippen LogP contribution in [0.4, 0.5) is 24.5 Å². The molecule has 9 nitrogen and oxygen atoms in total. The smallest absolute Gasteiger partial charge is 0.351 e. The highest BCUT2D eigenvalue weighted by Gasteiger charge is 2.40. The number of rotatable bonds is 8. The van der Waals surface area contributed by atoms with Crippen molar-refractivity contribution in [2.24, 2.45) is 5.73 Å². The predicted octanol–water partition coefficient (Wildman–Crippen LogP) is 3.61. The van der Waals surface area contributed by atoms with Crippen LogP contribution in [0.5, 0.6) is 0 Å². The van der Waals surface area contributed by atoms with Crippen LogP contribution in [0.1, 0.15) is 26.4 Å². The van der Waals surface area contributed by atoms with Gasteiger partial charge in [0.1, 0.15) is 0 Å². The van der Waals surface area contributed by atoms with Crippen molar-refractivity contribution in [1.29, 1.82) is 0 Å². The fourth-order valence-corrected chi connectivity index (χ4v) is 3.39. The number of carbonyl (C=O) groups is 3. The van der Waals surface area contributed by atoms with Gasteiger partial charge in [0.15, 0.2) is 5.69 Å². The Hall–Kier alpha value is -4.16. The number of alkyl halides is 3. The number of halogens is 4. The van der Waals surface area contributed by atoms with E-state index >= 15 is 0 Å². The first-order valence-corrected chi connectivity index (χ1v) is 10.7. The van der Waals surface area contributed by atoms with Crippen molar-refractivity contribution in [3.63, 3.8) is 0 Å². The molecule has 3 rings (SSSR count). The van der Waals surface area contributed by atoms with Gasteiger partial charge in [0.25, 0.3) is 11.8 Å². The molecule has 0 spiro atoms. The quantitative estimate of drug-likeness (QED) is 0.337. The van der Waals surface area contributed by atoms with E-state index < -0.39 is 35.2 Å². The minimum Gasteiger partial charge on any atom is -0.351 e. The fraction of sp³-hybridized carbons (Fsp3) is 0.130. The first-order valence-electron chi connectivity index (χ1n) is 10.3. The Kier molecular flexibility index (Phi) is 8.12. The van der Waals surface area contributed by atoms with Gasteiger partial charge in [0.05, 0.1) is 17.4 Å². The molecule has 0 saturated carbocycles. The molecular weight excluding hydrogens is 501 g/mol. The van der Waals surface area contributed by atoms with Gasteiger partial charge in [-0.1, -0.05) is 18.2 Å². The standard InChI is InChI=1S/C23H20ClF3N6O3/c1-2-19(34)31-15-9-14(24)10-16(11-15)32-22(36)18-12-30-33(20(18)23(25,26)27)17-5-3-13(4-6-17)21(35)29-8-7-28/h2-6,9-12H,1,7-8,28H2,(H,29,35)(H,31,34)(H,32,36). The van der Waals surface area contributed by atoms with E-state index in [0.717, 1.165) is 12.3 Å². The molecule has 13 heteroatoms. The van der Waals surface area contributed by atoms with E-state index in [1.165, 1.54) is 42.5 Å². The highest BCUT2D eigenvalue weighted by molar-refractivity contribution is 6.31. The van der Waals surface area contributed by atoms with Gasteiger partial charge < -0.3 is 21.7 Å². The van der Waals surface area contributed by atoms with Gasteiger partial charge in [-0.2, -0.15) is 18.3 Å². The summed E-state index contributed by atoms with van der Waals surface area (Å²) in [5.41, 5.74) is 3.71. The van der Waals surface area contributed by atoms with Crippen LogP contribution in [0.25, 0.3) is 5.69 Å². The molecule has 0 aliphatic heterocycles. The number of amides is 3. The summed E-state index contributed by atoms with van der Waals surface area (Å²) >= 11 is 6.00. The summed E-state index contributed by atoms with van der Waals surface area (Å²) in [6, 6.07) is 9.20. The molecule has 36 heavy (non-hydrogen) atoms. The number of hydrogen-bond donors (Lipinski definition) is 4. The first kappa shape index (κ1) is 26.4. The highest BCUT2D eigenvalue weighted by atomic mass is 35.5. The van der Waals surface area contributed by atoms with Crippen LogP contribution >= 0.6 is 11.6 Å². The van der Waals surface area contributed by atoms with Crippen LogP contribution in [-0.2, 0) is 11.0 Å². The van der Waals surface area contributed by atoms with Crippen molar-refractivity contribution in [1.82, 2.24) is 15.1 Å². The maximum atomic E-state index is 14.0. The van der Waals surface area contributed by atoms with E-state index in [1.54, 1.807) is 0 Å². The number of anilines is 2. The average Bonchev–Trinajstić information content (AvgIpc) is 3.28. The lowest BCUT2D eigenvalue weighted by atomic mass is 10.1. The Morgan fingerprint density at radius 1 is 1.06 bits per heavy atom. The van der Waals surface area contributed by atoms with Crippen LogP contribution in [0.15, 0.2) is 61.3 Å². The second-order valence-electron chi connectivity index (χ2n) is 7.28. The fourth-order valence-electron chi connectivity index (χ4n) is 3.15. The lowest BCUT2D eigenvalue weighted by molar-refractivity contribution is -0.143. The Morgan fingerprint density at radius 3 is 2.28 bits per heavy atom. The monoisotopic (exact) mass is 520 g/mol. The molecule has 0 unspecified atom stereocenters. The molecule has 0 atom stereocenters. The van der Waals surface area contributed by atoms with E-state index in [-0.39, 0.29) is 40.7 Å². The summed E-state index contributed by atoms with van der Waals surface area (Å²) in [4.78, 5) is 36.3. The van der Waals surface area contributed by atoms with Gasteiger partial charge in [-0.15, -0.1) is 0 Å². The molecule has 2 aromatic carbocycles. The van der Waals surface area contributed by atoms with Crippen LogP contribution in [0, 0.1) is 0 Å². The van der Waals surface area contributed by atoms with Gasteiger partial charge in [0, 0.05) is 35.1 Å². The summed E-state index contributed by atoms with van der Waals surface area (Å²) in [5, 5.41) is 11.2. The van der Waals surface area contributed by atoms with Crippen molar-refractivity contribution in [2.45, 2.75) is 6.18 Å². The zero-order valence-corrected chi connectivity index (χ0v) is 19.3. The Balaban J connectivity index is 1.91. The molecule has 1 aromatic heterocycles. The van der Waals surface area contributed by atoms with Gasteiger partial charge in [-0.3, -0.25) is 14.4 Å². The Morgan fingerprint density at radius 2 is 1.69 bits per heavy atom. The van der Waals surface area contributed by atoms with Crippen molar-refractivity contribution in [3.05, 3.63) is 83.2 Å². The number of nitrogens with one attached hydrogen (secondary N) is 3. The van der Waals surface area contributed by atoms with Gasteiger partial charge in [-0.25, -0.2) is 4.68 Å². The zero-order valence-electron chi connectivity index (χ0n) is 18.5. The van der Waals surface area contributed by atoms with Crippen molar-refractivity contribution in [3.8, 4) is 5.69 Å². The topological polar surface area (TPSA) is 131 Å². The molecule has 188 valence electrons. The maximum absolute atomic E-state index is 14.0. The minimum atomic E-state index is -4.95.